The van der Waals surface area contributed by atoms with Crippen LogP contribution in [0.15, 0.2) is 29.3 Å². The molecule has 1 aromatic carbocycles. The van der Waals surface area contributed by atoms with Gasteiger partial charge in [-0.1, -0.05) is 6.08 Å². The van der Waals surface area contributed by atoms with Gasteiger partial charge in [0.1, 0.15) is 0 Å². The van der Waals surface area contributed by atoms with Gasteiger partial charge in [0, 0.05) is 37.1 Å². The summed E-state index contributed by atoms with van der Waals surface area (Å²) in [5.41, 5.74) is 4.30. The standard InChI is InChI=1S/C16H20N4O2/c1-20(16(21)22-2)13-3-4-15-14(8-13)11(5-6-18-15)7-12-9-17-10-19-12/h3-4,7-8,10,12,18H,5-6,9H2,1-2H3,(H,17,19)/b11-7+. The van der Waals surface area contributed by atoms with E-state index in [1.807, 2.05) is 18.2 Å². The zero-order valence-corrected chi connectivity index (χ0v) is 12.8. The summed E-state index contributed by atoms with van der Waals surface area (Å²) in [6.07, 6.45) is 4.53. The molecule has 0 aromatic heterocycles. The molecular weight excluding hydrogens is 280 g/mol. The lowest BCUT2D eigenvalue weighted by Gasteiger charge is -2.24. The maximum Gasteiger partial charge on any atom is 0.413 e. The number of amides is 1. The minimum atomic E-state index is -0.376. The van der Waals surface area contributed by atoms with Gasteiger partial charge in [0.2, 0.25) is 0 Å². The smallest absolute Gasteiger partial charge is 0.413 e. The Morgan fingerprint density at radius 1 is 1.50 bits per heavy atom. The number of carbonyl (C=O) groups is 1. The molecule has 2 aliphatic rings. The molecule has 1 aromatic rings. The number of carbonyl (C=O) groups excluding carboxylic acids is 1. The van der Waals surface area contributed by atoms with E-state index in [0.717, 1.165) is 36.4 Å². The third kappa shape index (κ3) is 2.77. The number of nitrogens with zero attached hydrogens (tertiary/aromatic N) is 2. The fourth-order valence-electron chi connectivity index (χ4n) is 2.75. The maximum atomic E-state index is 11.7. The quantitative estimate of drug-likeness (QED) is 0.877. The minimum Gasteiger partial charge on any atom is -0.452 e. The van der Waals surface area contributed by atoms with Crippen molar-refractivity contribution >= 4 is 29.4 Å². The van der Waals surface area contributed by atoms with Gasteiger partial charge < -0.3 is 15.4 Å². The van der Waals surface area contributed by atoms with E-state index in [-0.39, 0.29) is 12.1 Å². The molecule has 0 spiro atoms. The van der Waals surface area contributed by atoms with Crippen molar-refractivity contribution in [3.05, 3.63) is 29.8 Å². The summed E-state index contributed by atoms with van der Waals surface area (Å²) in [5.74, 6) is 0. The van der Waals surface area contributed by atoms with Gasteiger partial charge in [-0.2, -0.15) is 0 Å². The van der Waals surface area contributed by atoms with Crippen molar-refractivity contribution < 1.29 is 9.53 Å². The molecule has 1 amide bonds. The van der Waals surface area contributed by atoms with E-state index in [1.165, 1.54) is 17.6 Å². The first-order chi connectivity index (χ1) is 10.7. The van der Waals surface area contributed by atoms with Crippen LogP contribution in [-0.4, -0.2) is 45.7 Å². The second kappa shape index (κ2) is 6.09. The summed E-state index contributed by atoms with van der Waals surface area (Å²) in [4.78, 5) is 17.6. The minimum absolute atomic E-state index is 0.183. The van der Waals surface area contributed by atoms with E-state index in [1.54, 1.807) is 13.4 Å². The fraction of sp³-hybridized carbons (Fsp3) is 0.375. The maximum absolute atomic E-state index is 11.7. The average Bonchev–Trinajstić information content (AvgIpc) is 3.06. The largest absolute Gasteiger partial charge is 0.452 e. The van der Waals surface area contributed by atoms with Gasteiger partial charge in [-0.15, -0.1) is 0 Å². The number of anilines is 2. The summed E-state index contributed by atoms with van der Waals surface area (Å²) in [6.45, 7) is 1.75. The highest BCUT2D eigenvalue weighted by molar-refractivity contribution is 5.90. The molecule has 6 nitrogen and oxygen atoms in total. The Kier molecular flexibility index (Phi) is 4.00. The topological polar surface area (TPSA) is 66.0 Å². The van der Waals surface area contributed by atoms with Crippen LogP contribution in [0.5, 0.6) is 0 Å². The van der Waals surface area contributed by atoms with Crippen LogP contribution < -0.4 is 15.5 Å². The normalized spacial score (nSPS) is 21.0. The van der Waals surface area contributed by atoms with E-state index in [2.05, 4.69) is 21.7 Å². The summed E-state index contributed by atoms with van der Waals surface area (Å²) >= 11 is 0. The Hall–Kier alpha value is -2.50. The van der Waals surface area contributed by atoms with Crippen LogP contribution in [-0.2, 0) is 4.74 Å². The third-order valence-electron chi connectivity index (χ3n) is 3.97. The van der Waals surface area contributed by atoms with Crippen molar-refractivity contribution in [3.63, 3.8) is 0 Å². The number of methoxy groups -OCH3 is 1. The summed E-state index contributed by atoms with van der Waals surface area (Å²) < 4.78 is 4.77. The number of nitrogens with one attached hydrogen (secondary N) is 2. The molecule has 2 heterocycles. The van der Waals surface area contributed by atoms with Gasteiger partial charge in [-0.05, 0) is 30.2 Å². The molecule has 0 saturated heterocycles. The molecule has 1 atom stereocenters. The van der Waals surface area contributed by atoms with Gasteiger partial charge >= 0.3 is 6.09 Å². The van der Waals surface area contributed by atoms with Gasteiger partial charge in [0.05, 0.1) is 19.5 Å². The molecule has 0 fully saturated rings. The van der Waals surface area contributed by atoms with Crippen LogP contribution in [0.4, 0.5) is 16.2 Å². The number of fused-ring (bicyclic) bond motifs is 1. The summed E-state index contributed by atoms with van der Waals surface area (Å²) in [6, 6.07) is 6.13. The molecule has 0 saturated carbocycles. The number of aliphatic imine (C=N–C) groups is 1. The van der Waals surface area contributed by atoms with Crippen LogP contribution in [0, 0.1) is 0 Å². The first-order valence-corrected chi connectivity index (χ1v) is 7.34. The Bertz CT molecular complexity index is 639. The fourth-order valence-corrected chi connectivity index (χ4v) is 2.75. The van der Waals surface area contributed by atoms with Gasteiger partial charge in [0.25, 0.3) is 0 Å². The molecule has 0 radical (unpaired) electrons. The first kappa shape index (κ1) is 14.4. The highest BCUT2D eigenvalue weighted by Crippen LogP contribution is 2.34. The number of ether oxygens (including phenoxy) is 1. The lowest BCUT2D eigenvalue weighted by molar-refractivity contribution is 0.180. The molecule has 2 aliphatic heterocycles. The SMILES string of the molecule is COC(=O)N(C)c1ccc2c(c1)/C(=C/C1CNC=N1)CCN2. The molecule has 0 aliphatic carbocycles. The van der Waals surface area contributed by atoms with E-state index < -0.39 is 0 Å². The second-order valence-corrected chi connectivity index (χ2v) is 5.38. The molecule has 3 rings (SSSR count). The molecule has 1 unspecified atom stereocenters. The van der Waals surface area contributed by atoms with E-state index in [9.17, 15) is 4.79 Å². The lowest BCUT2D eigenvalue weighted by atomic mass is 9.94. The number of hydrogen-bond donors (Lipinski definition) is 2. The van der Waals surface area contributed by atoms with Crippen LogP contribution in [0.2, 0.25) is 0 Å². The Balaban J connectivity index is 1.94. The summed E-state index contributed by atoms with van der Waals surface area (Å²) in [7, 11) is 3.09. The molecule has 22 heavy (non-hydrogen) atoms. The number of hydrogen-bond acceptors (Lipinski definition) is 5. The van der Waals surface area contributed by atoms with E-state index in [4.69, 9.17) is 4.74 Å². The lowest BCUT2D eigenvalue weighted by Crippen LogP contribution is -2.26. The van der Waals surface area contributed by atoms with Gasteiger partial charge in [-0.3, -0.25) is 9.89 Å². The predicted molar refractivity (Wildman–Crippen MR) is 88.6 cm³/mol. The van der Waals surface area contributed by atoms with Crippen LogP contribution in [0.25, 0.3) is 5.57 Å². The van der Waals surface area contributed by atoms with Crippen molar-refractivity contribution in [2.24, 2.45) is 4.99 Å². The Morgan fingerprint density at radius 3 is 3.09 bits per heavy atom. The zero-order chi connectivity index (χ0) is 15.5. The Labute approximate surface area is 129 Å². The zero-order valence-electron chi connectivity index (χ0n) is 12.8. The highest BCUT2D eigenvalue weighted by Gasteiger charge is 2.19. The van der Waals surface area contributed by atoms with Crippen LogP contribution in [0.3, 0.4) is 0 Å². The highest BCUT2D eigenvalue weighted by atomic mass is 16.5. The first-order valence-electron chi connectivity index (χ1n) is 7.34. The van der Waals surface area contributed by atoms with Gasteiger partial charge in [-0.25, -0.2) is 4.79 Å². The van der Waals surface area contributed by atoms with Crippen molar-refractivity contribution in [1.82, 2.24) is 5.32 Å². The third-order valence-corrected chi connectivity index (χ3v) is 3.97. The van der Waals surface area contributed by atoms with Crippen molar-refractivity contribution in [2.45, 2.75) is 12.5 Å². The molecule has 2 N–H and O–H groups in total. The van der Waals surface area contributed by atoms with E-state index in [0.29, 0.717) is 0 Å². The Morgan fingerprint density at radius 2 is 2.36 bits per heavy atom. The van der Waals surface area contributed by atoms with Crippen LogP contribution >= 0.6 is 0 Å². The summed E-state index contributed by atoms with van der Waals surface area (Å²) in [5, 5.41) is 6.51. The average molecular weight is 300 g/mol. The van der Waals surface area contributed by atoms with E-state index >= 15 is 0 Å². The number of rotatable bonds is 2. The predicted octanol–water partition coefficient (Wildman–Crippen LogP) is 2.09. The van der Waals surface area contributed by atoms with Crippen molar-refractivity contribution in [1.29, 1.82) is 0 Å². The monoisotopic (exact) mass is 300 g/mol. The molecule has 0 bridgehead atoms. The van der Waals surface area contributed by atoms with Crippen molar-refractivity contribution in [3.8, 4) is 0 Å². The number of benzene rings is 1. The van der Waals surface area contributed by atoms with Gasteiger partial charge in [0.15, 0.2) is 0 Å². The molecular formula is C16H20N4O2. The second-order valence-electron chi connectivity index (χ2n) is 5.38. The molecule has 6 heteroatoms. The molecule has 116 valence electrons. The van der Waals surface area contributed by atoms with Crippen LogP contribution in [0.1, 0.15) is 12.0 Å². The van der Waals surface area contributed by atoms with Crippen molar-refractivity contribution in [2.75, 3.05) is 37.5 Å².